The molecule has 0 radical (unpaired) electrons. The minimum absolute atomic E-state index is 0.0509. The molecule has 30 heavy (non-hydrogen) atoms. The van der Waals surface area contributed by atoms with E-state index in [2.05, 4.69) is 10.3 Å². The lowest BCUT2D eigenvalue weighted by Crippen LogP contribution is -2.54. The molecule has 0 bridgehead atoms. The number of hydrogen-bond acceptors (Lipinski definition) is 3. The van der Waals surface area contributed by atoms with E-state index in [0.29, 0.717) is 6.54 Å². The average molecular weight is 411 g/mol. The third-order valence-corrected chi connectivity index (χ3v) is 6.73. The number of aromatic amines is 1. The molecule has 1 saturated heterocycles. The Kier molecular flexibility index (Phi) is 6.40. The minimum Gasteiger partial charge on any atom is -0.344 e. The molecule has 1 aromatic carbocycles. The van der Waals surface area contributed by atoms with E-state index in [4.69, 9.17) is 4.98 Å². The fraction of sp³-hybridized carbons (Fsp3) is 0.625. The molecular weight excluding hydrogens is 376 g/mol. The summed E-state index contributed by atoms with van der Waals surface area (Å²) in [6.45, 7) is 5.44. The molecule has 2 heterocycles. The molecule has 6 heteroatoms. The van der Waals surface area contributed by atoms with Crippen molar-refractivity contribution in [3.8, 4) is 0 Å². The van der Waals surface area contributed by atoms with E-state index in [-0.39, 0.29) is 29.6 Å². The van der Waals surface area contributed by atoms with Crippen molar-refractivity contribution in [3.05, 3.63) is 30.1 Å². The SMILES string of the molecule is CC(C)[C@@H](NC(=O)C1CCCCC1)C(=O)N1CCC[C@H](c2nc3ccccc3[nH]2)C1. The van der Waals surface area contributed by atoms with Crippen LogP contribution in [-0.4, -0.2) is 45.8 Å². The van der Waals surface area contributed by atoms with Crippen molar-refractivity contribution >= 4 is 22.8 Å². The van der Waals surface area contributed by atoms with Crippen LogP contribution >= 0.6 is 0 Å². The fourth-order valence-electron chi connectivity index (χ4n) is 4.91. The number of nitrogens with one attached hydrogen (secondary N) is 2. The number of H-pyrrole nitrogens is 1. The number of piperidine rings is 1. The van der Waals surface area contributed by atoms with E-state index in [1.807, 2.05) is 43.0 Å². The summed E-state index contributed by atoms with van der Waals surface area (Å²) in [6, 6.07) is 7.59. The van der Waals surface area contributed by atoms with Crippen LogP contribution in [0.2, 0.25) is 0 Å². The van der Waals surface area contributed by atoms with Crippen LogP contribution < -0.4 is 5.32 Å². The van der Waals surface area contributed by atoms with Gasteiger partial charge in [0.2, 0.25) is 11.8 Å². The van der Waals surface area contributed by atoms with E-state index in [1.54, 1.807) is 0 Å². The number of imidazole rings is 1. The zero-order valence-electron chi connectivity index (χ0n) is 18.2. The van der Waals surface area contributed by atoms with Crippen LogP contribution in [0.15, 0.2) is 24.3 Å². The van der Waals surface area contributed by atoms with Crippen molar-refractivity contribution in [2.24, 2.45) is 11.8 Å². The molecule has 1 aliphatic carbocycles. The van der Waals surface area contributed by atoms with Gasteiger partial charge in [0.1, 0.15) is 11.9 Å². The Morgan fingerprint density at radius 2 is 1.87 bits per heavy atom. The Labute approximate surface area is 178 Å². The second-order valence-corrected chi connectivity index (χ2v) is 9.33. The third kappa shape index (κ3) is 4.52. The van der Waals surface area contributed by atoms with Crippen LogP contribution in [0.5, 0.6) is 0 Å². The maximum Gasteiger partial charge on any atom is 0.245 e. The number of carbonyl (C=O) groups is 2. The number of para-hydroxylation sites is 2. The van der Waals surface area contributed by atoms with Crippen LogP contribution in [0.4, 0.5) is 0 Å². The van der Waals surface area contributed by atoms with E-state index < -0.39 is 6.04 Å². The van der Waals surface area contributed by atoms with Crippen LogP contribution in [-0.2, 0) is 9.59 Å². The lowest BCUT2D eigenvalue weighted by atomic mass is 9.88. The first kappa shape index (κ1) is 20.9. The van der Waals surface area contributed by atoms with Crippen molar-refractivity contribution in [3.63, 3.8) is 0 Å². The molecule has 2 fully saturated rings. The van der Waals surface area contributed by atoms with Gasteiger partial charge >= 0.3 is 0 Å². The summed E-state index contributed by atoms with van der Waals surface area (Å²) in [5.41, 5.74) is 2.01. The monoisotopic (exact) mass is 410 g/mol. The fourth-order valence-corrected chi connectivity index (χ4v) is 4.91. The molecule has 2 aliphatic rings. The van der Waals surface area contributed by atoms with Gasteiger partial charge in [0.05, 0.1) is 11.0 Å². The Morgan fingerprint density at radius 3 is 2.60 bits per heavy atom. The topological polar surface area (TPSA) is 78.1 Å². The molecule has 6 nitrogen and oxygen atoms in total. The molecule has 2 amide bonds. The summed E-state index contributed by atoms with van der Waals surface area (Å²) in [5, 5.41) is 3.11. The quantitative estimate of drug-likeness (QED) is 0.782. The van der Waals surface area contributed by atoms with Gasteiger partial charge in [0.25, 0.3) is 0 Å². The van der Waals surface area contributed by atoms with Crippen LogP contribution in [0.3, 0.4) is 0 Å². The Balaban J connectivity index is 1.44. The summed E-state index contributed by atoms with van der Waals surface area (Å²) >= 11 is 0. The molecule has 2 atom stereocenters. The van der Waals surface area contributed by atoms with Gasteiger partial charge in [-0.3, -0.25) is 9.59 Å². The van der Waals surface area contributed by atoms with Gasteiger partial charge in [-0.2, -0.15) is 0 Å². The second-order valence-electron chi connectivity index (χ2n) is 9.33. The molecule has 4 rings (SSSR count). The number of fused-ring (bicyclic) bond motifs is 1. The van der Waals surface area contributed by atoms with Gasteiger partial charge in [-0.25, -0.2) is 4.98 Å². The zero-order valence-corrected chi connectivity index (χ0v) is 18.2. The van der Waals surface area contributed by atoms with E-state index in [9.17, 15) is 9.59 Å². The number of hydrogen-bond donors (Lipinski definition) is 2. The second kappa shape index (κ2) is 9.19. The van der Waals surface area contributed by atoms with Crippen molar-refractivity contribution in [2.45, 2.75) is 70.8 Å². The molecule has 2 aromatic rings. The summed E-state index contributed by atoms with van der Waals surface area (Å²) in [4.78, 5) is 36.3. The molecule has 1 saturated carbocycles. The van der Waals surface area contributed by atoms with Crippen molar-refractivity contribution in [1.29, 1.82) is 0 Å². The zero-order chi connectivity index (χ0) is 21.1. The third-order valence-electron chi connectivity index (χ3n) is 6.73. The van der Waals surface area contributed by atoms with Gasteiger partial charge in [0.15, 0.2) is 0 Å². The van der Waals surface area contributed by atoms with E-state index in [0.717, 1.165) is 61.9 Å². The molecule has 1 aromatic heterocycles. The van der Waals surface area contributed by atoms with Gasteiger partial charge < -0.3 is 15.2 Å². The van der Waals surface area contributed by atoms with Gasteiger partial charge in [-0.05, 0) is 43.7 Å². The smallest absolute Gasteiger partial charge is 0.245 e. The number of benzene rings is 1. The molecule has 1 aliphatic heterocycles. The first-order valence-electron chi connectivity index (χ1n) is 11.6. The largest absolute Gasteiger partial charge is 0.344 e. The van der Waals surface area contributed by atoms with Gasteiger partial charge in [-0.1, -0.05) is 45.2 Å². The van der Waals surface area contributed by atoms with Gasteiger partial charge in [-0.15, -0.1) is 0 Å². The maximum absolute atomic E-state index is 13.4. The first-order valence-corrected chi connectivity index (χ1v) is 11.6. The Morgan fingerprint density at radius 1 is 1.10 bits per heavy atom. The molecule has 162 valence electrons. The number of amides is 2. The Bertz CT molecular complexity index is 851. The highest BCUT2D eigenvalue weighted by Gasteiger charge is 2.34. The minimum atomic E-state index is -0.450. The average Bonchev–Trinajstić information content (AvgIpc) is 3.22. The number of rotatable bonds is 5. The first-order chi connectivity index (χ1) is 14.5. The summed E-state index contributed by atoms with van der Waals surface area (Å²) < 4.78 is 0. The van der Waals surface area contributed by atoms with E-state index in [1.165, 1.54) is 6.42 Å². The predicted molar refractivity (Wildman–Crippen MR) is 118 cm³/mol. The summed E-state index contributed by atoms with van der Waals surface area (Å²) in [6.07, 6.45) is 7.31. The highest BCUT2D eigenvalue weighted by Crippen LogP contribution is 2.28. The Hall–Kier alpha value is -2.37. The highest BCUT2D eigenvalue weighted by molar-refractivity contribution is 5.89. The predicted octanol–water partition coefficient (Wildman–Crippen LogP) is 3.99. The van der Waals surface area contributed by atoms with Crippen LogP contribution in [0.25, 0.3) is 11.0 Å². The molecule has 0 unspecified atom stereocenters. The lowest BCUT2D eigenvalue weighted by Gasteiger charge is -2.36. The molecule has 2 N–H and O–H groups in total. The van der Waals surface area contributed by atoms with E-state index >= 15 is 0 Å². The highest BCUT2D eigenvalue weighted by atomic mass is 16.2. The van der Waals surface area contributed by atoms with Crippen LogP contribution in [0, 0.1) is 11.8 Å². The standard InChI is InChI=1S/C24H34N4O2/c1-16(2)21(27-23(29)17-9-4-3-5-10-17)24(30)28-14-8-11-18(15-28)22-25-19-12-6-7-13-20(19)26-22/h6-7,12-13,16-18,21H,3-5,8-11,14-15H2,1-2H3,(H,25,26)(H,27,29)/t18-,21+/m0/s1. The maximum atomic E-state index is 13.4. The molecular formula is C24H34N4O2. The lowest BCUT2D eigenvalue weighted by molar-refractivity contribution is -0.140. The number of carbonyl (C=O) groups excluding carboxylic acids is 2. The van der Waals surface area contributed by atoms with Gasteiger partial charge in [0, 0.05) is 24.9 Å². The number of aromatic nitrogens is 2. The molecule has 0 spiro atoms. The summed E-state index contributed by atoms with van der Waals surface area (Å²) in [5.74, 6) is 1.41. The summed E-state index contributed by atoms with van der Waals surface area (Å²) in [7, 11) is 0. The number of nitrogens with zero attached hydrogens (tertiary/aromatic N) is 2. The number of likely N-dealkylation sites (tertiary alicyclic amines) is 1. The van der Waals surface area contributed by atoms with Crippen molar-refractivity contribution in [1.82, 2.24) is 20.2 Å². The normalized spacial score (nSPS) is 21.7. The van der Waals surface area contributed by atoms with Crippen molar-refractivity contribution < 1.29 is 9.59 Å². The van der Waals surface area contributed by atoms with Crippen molar-refractivity contribution in [2.75, 3.05) is 13.1 Å². The van der Waals surface area contributed by atoms with Crippen LogP contribution in [0.1, 0.15) is 70.5 Å².